The van der Waals surface area contributed by atoms with Gasteiger partial charge in [-0.05, 0) is 42.8 Å². The van der Waals surface area contributed by atoms with Gasteiger partial charge in [-0.1, -0.05) is 24.3 Å². The van der Waals surface area contributed by atoms with Crippen molar-refractivity contribution in [3.63, 3.8) is 0 Å². The van der Waals surface area contributed by atoms with Crippen LogP contribution in [0.15, 0.2) is 65.3 Å². The molecule has 0 fully saturated rings. The summed E-state index contributed by atoms with van der Waals surface area (Å²) < 4.78 is 31.8. The molecule has 0 spiro atoms. The fraction of sp³-hybridized carbons (Fsp3) is 0.185. The van der Waals surface area contributed by atoms with Gasteiger partial charge in [-0.25, -0.2) is 4.39 Å². The van der Waals surface area contributed by atoms with E-state index in [0.29, 0.717) is 39.1 Å². The number of nitriles is 1. The van der Waals surface area contributed by atoms with E-state index in [1.807, 2.05) is 12.1 Å². The molecule has 3 aromatic carbocycles. The number of benzene rings is 3. The van der Waals surface area contributed by atoms with Crippen molar-refractivity contribution < 1.29 is 23.1 Å². The molecule has 1 heterocycles. The predicted octanol–water partition coefficient (Wildman–Crippen LogP) is 5.25. The smallest absolute Gasteiger partial charge is 0.310 e. The maximum atomic E-state index is 15.1. The van der Waals surface area contributed by atoms with Gasteiger partial charge in [-0.3, -0.25) is 4.79 Å². The summed E-state index contributed by atoms with van der Waals surface area (Å²) >= 11 is 0. The van der Waals surface area contributed by atoms with Crippen LogP contribution in [0.25, 0.3) is 22.1 Å². The summed E-state index contributed by atoms with van der Waals surface area (Å²) in [5, 5.41) is 10.1. The minimum absolute atomic E-state index is 0.0258. The molecule has 0 radical (unpaired) electrons. The highest BCUT2D eigenvalue weighted by atomic mass is 19.1. The van der Waals surface area contributed by atoms with Crippen LogP contribution in [0.4, 0.5) is 4.39 Å². The van der Waals surface area contributed by atoms with E-state index in [1.54, 1.807) is 55.7 Å². The molecule has 6 nitrogen and oxygen atoms in total. The predicted molar refractivity (Wildman–Crippen MR) is 125 cm³/mol. The Morgan fingerprint density at radius 1 is 1.12 bits per heavy atom. The minimum atomic E-state index is -0.390. The number of nitrogens with two attached hydrogens (primary N) is 1. The van der Waals surface area contributed by atoms with Crippen molar-refractivity contribution in [1.29, 1.82) is 5.26 Å². The third-order valence-corrected chi connectivity index (χ3v) is 5.43. The Morgan fingerprint density at radius 3 is 2.74 bits per heavy atom. The van der Waals surface area contributed by atoms with E-state index in [1.165, 1.54) is 0 Å². The molecule has 4 aromatic rings. The van der Waals surface area contributed by atoms with E-state index < -0.39 is 0 Å². The van der Waals surface area contributed by atoms with Gasteiger partial charge in [0.15, 0.2) is 0 Å². The van der Waals surface area contributed by atoms with E-state index in [9.17, 15) is 10.1 Å². The zero-order valence-electron chi connectivity index (χ0n) is 18.6. The second-order valence-corrected chi connectivity index (χ2v) is 7.67. The van der Waals surface area contributed by atoms with Crippen LogP contribution in [0.2, 0.25) is 0 Å². The topological polar surface area (TPSA) is 98.5 Å². The summed E-state index contributed by atoms with van der Waals surface area (Å²) in [5.74, 6) is -0.356. The van der Waals surface area contributed by atoms with Crippen LogP contribution in [0.5, 0.6) is 5.75 Å². The molecule has 4 rings (SSSR count). The van der Waals surface area contributed by atoms with Crippen LogP contribution in [0.1, 0.15) is 29.2 Å². The van der Waals surface area contributed by atoms with Gasteiger partial charge >= 0.3 is 5.97 Å². The van der Waals surface area contributed by atoms with Crippen LogP contribution in [0, 0.1) is 17.1 Å². The lowest BCUT2D eigenvalue weighted by atomic mass is 9.98. The zero-order valence-corrected chi connectivity index (χ0v) is 18.6. The van der Waals surface area contributed by atoms with Gasteiger partial charge in [-0.2, -0.15) is 5.26 Å². The molecule has 34 heavy (non-hydrogen) atoms. The summed E-state index contributed by atoms with van der Waals surface area (Å²) in [7, 11) is 0. The molecule has 0 saturated heterocycles. The lowest BCUT2D eigenvalue weighted by Gasteiger charge is -2.14. The number of carbonyl (C=O) groups is 1. The molecule has 0 atom stereocenters. The Balaban J connectivity index is 1.68. The lowest BCUT2D eigenvalue weighted by Crippen LogP contribution is -2.09. The van der Waals surface area contributed by atoms with E-state index in [0.717, 1.165) is 10.9 Å². The van der Waals surface area contributed by atoms with Crippen molar-refractivity contribution in [1.82, 2.24) is 0 Å². The van der Waals surface area contributed by atoms with Crippen molar-refractivity contribution in [3.8, 4) is 22.9 Å². The monoisotopic (exact) mass is 458 g/mol. The Morgan fingerprint density at radius 2 is 1.97 bits per heavy atom. The normalized spacial score (nSPS) is 10.8. The van der Waals surface area contributed by atoms with Gasteiger partial charge in [-0.15, -0.1) is 0 Å². The molecule has 0 bridgehead atoms. The Hall–Kier alpha value is -4.15. The summed E-state index contributed by atoms with van der Waals surface area (Å²) in [6, 6.07) is 17.6. The molecule has 1 aromatic heterocycles. The first-order valence-corrected chi connectivity index (χ1v) is 10.8. The first kappa shape index (κ1) is 23.0. The summed E-state index contributed by atoms with van der Waals surface area (Å²) in [5.41, 5.74) is 9.43. The van der Waals surface area contributed by atoms with Crippen molar-refractivity contribution in [2.24, 2.45) is 5.73 Å². The molecule has 0 aliphatic heterocycles. The quantitative estimate of drug-likeness (QED) is 0.362. The highest BCUT2D eigenvalue weighted by Gasteiger charge is 2.16. The summed E-state index contributed by atoms with van der Waals surface area (Å²) in [6.45, 7) is 2.24. The maximum absolute atomic E-state index is 15.1. The van der Waals surface area contributed by atoms with E-state index >= 15 is 4.39 Å². The summed E-state index contributed by atoms with van der Waals surface area (Å²) in [6.07, 6.45) is 1.58. The molecule has 172 valence electrons. The highest BCUT2D eigenvalue weighted by Crippen LogP contribution is 2.34. The number of rotatable bonds is 8. The Labute approximate surface area is 196 Å². The van der Waals surface area contributed by atoms with Gasteiger partial charge in [0.25, 0.3) is 0 Å². The van der Waals surface area contributed by atoms with E-state index in [4.69, 9.17) is 19.6 Å². The number of esters is 1. The van der Waals surface area contributed by atoms with Crippen molar-refractivity contribution in [3.05, 3.63) is 88.9 Å². The number of fused-ring (bicyclic) bond motifs is 1. The largest absolute Gasteiger partial charge is 0.489 e. The van der Waals surface area contributed by atoms with Gasteiger partial charge in [0, 0.05) is 34.2 Å². The van der Waals surface area contributed by atoms with Gasteiger partial charge in [0.2, 0.25) is 0 Å². The van der Waals surface area contributed by atoms with E-state index in [2.05, 4.69) is 6.07 Å². The zero-order chi connectivity index (χ0) is 24.1. The van der Waals surface area contributed by atoms with Gasteiger partial charge < -0.3 is 19.6 Å². The van der Waals surface area contributed by atoms with Gasteiger partial charge in [0.05, 0.1) is 30.9 Å². The molecular weight excluding hydrogens is 435 g/mol. The number of hydrogen-bond donors (Lipinski definition) is 1. The molecule has 2 N–H and O–H groups in total. The Bertz CT molecular complexity index is 1390. The molecule has 0 aliphatic carbocycles. The highest BCUT2D eigenvalue weighted by molar-refractivity contribution is 5.93. The third kappa shape index (κ3) is 4.77. The molecule has 0 saturated carbocycles. The number of furan rings is 1. The molecular formula is C27H23FN2O4. The summed E-state index contributed by atoms with van der Waals surface area (Å²) in [4.78, 5) is 12.0. The average molecular weight is 458 g/mol. The maximum Gasteiger partial charge on any atom is 0.310 e. The van der Waals surface area contributed by atoms with Crippen LogP contribution in [0.3, 0.4) is 0 Å². The number of halogens is 1. The number of ether oxygens (including phenoxy) is 2. The standard InChI is InChI=1S/C27H23FN2O4/c1-2-32-25(31)13-19-7-6-17(14-29)12-24(19)34-16-18-10-20-8-9-33-27(20)23(11-18)22-5-3-4-21(15-30)26(22)28/h3-12H,2,13,15-16,30H2,1H3. The van der Waals surface area contributed by atoms with Crippen LogP contribution >= 0.6 is 0 Å². The van der Waals surface area contributed by atoms with E-state index in [-0.39, 0.29) is 38.0 Å². The van der Waals surface area contributed by atoms with Crippen molar-refractivity contribution in [2.75, 3.05) is 6.61 Å². The fourth-order valence-electron chi connectivity index (χ4n) is 3.81. The van der Waals surface area contributed by atoms with Crippen LogP contribution < -0.4 is 10.5 Å². The fourth-order valence-corrected chi connectivity index (χ4v) is 3.81. The molecule has 0 amide bonds. The van der Waals surface area contributed by atoms with Crippen LogP contribution in [-0.4, -0.2) is 12.6 Å². The lowest BCUT2D eigenvalue weighted by molar-refractivity contribution is -0.142. The minimum Gasteiger partial charge on any atom is -0.489 e. The molecule has 0 aliphatic rings. The van der Waals surface area contributed by atoms with Crippen LogP contribution in [-0.2, 0) is 29.1 Å². The molecule has 7 heteroatoms. The van der Waals surface area contributed by atoms with Crippen molar-refractivity contribution >= 4 is 16.9 Å². The SMILES string of the molecule is CCOC(=O)Cc1ccc(C#N)cc1OCc1cc(-c2cccc(CN)c2F)c2occc2c1. The molecule has 0 unspecified atom stereocenters. The second-order valence-electron chi connectivity index (χ2n) is 7.67. The first-order valence-electron chi connectivity index (χ1n) is 10.8. The van der Waals surface area contributed by atoms with Crippen molar-refractivity contribution in [2.45, 2.75) is 26.5 Å². The Kier molecular flexibility index (Phi) is 6.90. The third-order valence-electron chi connectivity index (χ3n) is 5.43. The second kappa shape index (κ2) is 10.2. The average Bonchev–Trinajstić information content (AvgIpc) is 3.32. The number of carbonyl (C=O) groups excluding carboxylic acids is 1. The number of nitrogens with zero attached hydrogens (tertiary/aromatic N) is 1. The van der Waals surface area contributed by atoms with Gasteiger partial charge in [0.1, 0.15) is 23.8 Å². The number of hydrogen-bond acceptors (Lipinski definition) is 6. The first-order chi connectivity index (χ1) is 16.5.